The summed E-state index contributed by atoms with van der Waals surface area (Å²) in [5.41, 5.74) is 1.68. The summed E-state index contributed by atoms with van der Waals surface area (Å²) in [6.07, 6.45) is 1.68. The van der Waals surface area contributed by atoms with Crippen LogP contribution in [0.2, 0.25) is 10.0 Å². The molecular formula is C18H17Cl3N6O. The van der Waals surface area contributed by atoms with Crippen molar-refractivity contribution in [3.05, 3.63) is 40.5 Å². The van der Waals surface area contributed by atoms with Crippen LogP contribution < -0.4 is 4.90 Å². The van der Waals surface area contributed by atoms with Gasteiger partial charge in [-0.1, -0.05) is 29.3 Å². The molecule has 10 heteroatoms. The first-order valence-corrected chi connectivity index (χ1v) is 9.98. The first kappa shape index (κ1) is 19.2. The van der Waals surface area contributed by atoms with E-state index in [4.69, 9.17) is 34.8 Å². The summed E-state index contributed by atoms with van der Waals surface area (Å²) < 4.78 is 1.69. The summed E-state index contributed by atoms with van der Waals surface area (Å²) in [7, 11) is 0. The van der Waals surface area contributed by atoms with E-state index in [0.29, 0.717) is 48.0 Å². The van der Waals surface area contributed by atoms with Gasteiger partial charge in [0.05, 0.1) is 15.7 Å². The number of piperazine rings is 1. The highest BCUT2D eigenvalue weighted by Gasteiger charge is 2.26. The number of aromatic nitrogens is 4. The number of carbonyl (C=O) groups is 1. The van der Waals surface area contributed by atoms with Crippen LogP contribution in [0.3, 0.4) is 0 Å². The lowest BCUT2D eigenvalue weighted by atomic mass is 10.1. The molecule has 1 aliphatic heterocycles. The molecule has 1 saturated heterocycles. The summed E-state index contributed by atoms with van der Waals surface area (Å²) >= 11 is 18.1. The van der Waals surface area contributed by atoms with Crippen LogP contribution in [0.4, 0.5) is 5.95 Å². The lowest BCUT2D eigenvalue weighted by Crippen LogP contribution is -2.50. The number of carbonyl (C=O) groups excluding carboxylic acids is 1. The van der Waals surface area contributed by atoms with E-state index in [1.165, 1.54) is 0 Å². The minimum Gasteiger partial charge on any atom is -0.338 e. The molecular weight excluding hydrogens is 423 g/mol. The normalized spacial score (nSPS) is 15.9. The van der Waals surface area contributed by atoms with Gasteiger partial charge < -0.3 is 9.80 Å². The zero-order valence-corrected chi connectivity index (χ0v) is 17.3. The van der Waals surface area contributed by atoms with Crippen molar-refractivity contribution in [3.63, 3.8) is 0 Å². The highest BCUT2D eigenvalue weighted by Crippen LogP contribution is 2.28. The fraction of sp³-hybridized carbons (Fsp3) is 0.333. The average Bonchev–Trinajstić information content (AvgIpc) is 3.14. The van der Waals surface area contributed by atoms with Crippen LogP contribution in [-0.2, 0) is 4.79 Å². The van der Waals surface area contributed by atoms with Gasteiger partial charge in [0.1, 0.15) is 5.38 Å². The van der Waals surface area contributed by atoms with Gasteiger partial charge in [0.15, 0.2) is 0 Å². The number of alkyl halides is 1. The van der Waals surface area contributed by atoms with Gasteiger partial charge in [0.25, 0.3) is 5.78 Å². The predicted octanol–water partition coefficient (Wildman–Crippen LogP) is 3.37. The van der Waals surface area contributed by atoms with E-state index in [1.807, 2.05) is 17.0 Å². The number of rotatable bonds is 3. The Kier molecular flexibility index (Phi) is 5.31. The molecule has 1 amide bonds. The second-order valence-electron chi connectivity index (χ2n) is 6.51. The Bertz CT molecular complexity index is 1030. The van der Waals surface area contributed by atoms with Crippen molar-refractivity contribution >= 4 is 52.4 Å². The maximum absolute atomic E-state index is 12.0. The number of anilines is 1. The molecule has 1 aliphatic rings. The molecule has 0 N–H and O–H groups in total. The molecule has 0 radical (unpaired) electrons. The monoisotopic (exact) mass is 438 g/mol. The lowest BCUT2D eigenvalue weighted by Gasteiger charge is -2.34. The molecule has 3 heterocycles. The van der Waals surface area contributed by atoms with Crippen molar-refractivity contribution in [2.75, 3.05) is 31.1 Å². The molecule has 0 aliphatic carbocycles. The number of nitrogens with zero attached hydrogens (tertiary/aromatic N) is 6. The second kappa shape index (κ2) is 7.73. The SMILES string of the molecule is C[C@H](Cl)C(=O)N1CCN(c2nc3nccc(-c4ccc(Cl)c(Cl)c4)n3n2)CC1. The average molecular weight is 440 g/mol. The van der Waals surface area contributed by atoms with E-state index in [0.717, 1.165) is 11.3 Å². The van der Waals surface area contributed by atoms with Crippen molar-refractivity contribution in [1.82, 2.24) is 24.5 Å². The minimum absolute atomic E-state index is 0.0483. The van der Waals surface area contributed by atoms with Crippen molar-refractivity contribution in [2.24, 2.45) is 0 Å². The van der Waals surface area contributed by atoms with Crippen molar-refractivity contribution in [1.29, 1.82) is 0 Å². The molecule has 0 saturated carbocycles. The van der Waals surface area contributed by atoms with Gasteiger partial charge in [-0.15, -0.1) is 16.7 Å². The molecule has 7 nitrogen and oxygen atoms in total. The minimum atomic E-state index is -0.516. The quantitative estimate of drug-likeness (QED) is 0.585. The van der Waals surface area contributed by atoms with Gasteiger partial charge in [-0.25, -0.2) is 4.98 Å². The summed E-state index contributed by atoms with van der Waals surface area (Å²) in [5, 5.41) is 5.08. The van der Waals surface area contributed by atoms with E-state index >= 15 is 0 Å². The van der Waals surface area contributed by atoms with Gasteiger partial charge in [-0.2, -0.15) is 9.50 Å². The number of halogens is 3. The Morgan fingerprint density at radius 3 is 2.54 bits per heavy atom. The molecule has 2 aromatic heterocycles. The van der Waals surface area contributed by atoms with Crippen molar-refractivity contribution in [3.8, 4) is 11.3 Å². The highest BCUT2D eigenvalue weighted by molar-refractivity contribution is 6.42. The van der Waals surface area contributed by atoms with Crippen molar-refractivity contribution < 1.29 is 4.79 Å². The molecule has 0 unspecified atom stereocenters. The Labute approximate surface area is 176 Å². The third-order valence-corrected chi connectivity index (χ3v) is 5.59. The molecule has 146 valence electrons. The Hall–Kier alpha value is -2.09. The highest BCUT2D eigenvalue weighted by atomic mass is 35.5. The standard InChI is InChI=1S/C18H17Cl3N6O/c1-11(19)16(28)25-6-8-26(9-7-25)18-23-17-22-5-4-15(27(17)24-18)12-2-3-13(20)14(21)10-12/h2-5,10-11H,6-9H2,1H3/t11-/m0/s1. The third kappa shape index (κ3) is 3.62. The summed E-state index contributed by atoms with van der Waals surface area (Å²) in [6, 6.07) is 7.26. The number of hydrogen-bond donors (Lipinski definition) is 0. The van der Waals surface area contributed by atoms with E-state index in [-0.39, 0.29) is 5.91 Å². The Morgan fingerprint density at radius 2 is 1.86 bits per heavy atom. The van der Waals surface area contributed by atoms with Crippen LogP contribution in [0.15, 0.2) is 30.5 Å². The number of fused-ring (bicyclic) bond motifs is 1. The lowest BCUT2D eigenvalue weighted by molar-refractivity contribution is -0.130. The molecule has 3 aromatic rings. The first-order chi connectivity index (χ1) is 13.4. The number of hydrogen-bond acceptors (Lipinski definition) is 5. The van der Waals surface area contributed by atoms with Crippen LogP contribution in [0.1, 0.15) is 6.92 Å². The van der Waals surface area contributed by atoms with Crippen LogP contribution in [0, 0.1) is 0 Å². The third-order valence-electron chi connectivity index (χ3n) is 4.66. The number of benzene rings is 1. The largest absolute Gasteiger partial charge is 0.338 e. The number of amides is 1. The summed E-state index contributed by atoms with van der Waals surface area (Å²) in [5.74, 6) is 1.02. The van der Waals surface area contributed by atoms with E-state index in [9.17, 15) is 4.79 Å². The van der Waals surface area contributed by atoms with Gasteiger partial charge >= 0.3 is 0 Å². The molecule has 1 atom stereocenters. The van der Waals surface area contributed by atoms with Crippen LogP contribution in [0.25, 0.3) is 17.0 Å². The second-order valence-corrected chi connectivity index (χ2v) is 7.98. The maximum atomic E-state index is 12.0. The fourth-order valence-electron chi connectivity index (χ4n) is 3.17. The van der Waals surface area contributed by atoms with Crippen LogP contribution in [0.5, 0.6) is 0 Å². The van der Waals surface area contributed by atoms with Crippen LogP contribution in [-0.4, -0.2) is 61.9 Å². The van der Waals surface area contributed by atoms with Crippen molar-refractivity contribution in [2.45, 2.75) is 12.3 Å². The van der Waals surface area contributed by atoms with Gasteiger partial charge in [0, 0.05) is 37.9 Å². The topological polar surface area (TPSA) is 66.6 Å². The summed E-state index contributed by atoms with van der Waals surface area (Å²) in [4.78, 5) is 24.7. The molecule has 4 rings (SSSR count). The zero-order valence-electron chi connectivity index (χ0n) is 15.0. The Balaban J connectivity index is 1.61. The van der Waals surface area contributed by atoms with E-state index in [1.54, 1.807) is 34.7 Å². The zero-order chi connectivity index (χ0) is 19.8. The predicted molar refractivity (Wildman–Crippen MR) is 110 cm³/mol. The molecule has 0 spiro atoms. The van der Waals surface area contributed by atoms with Gasteiger partial charge in [-0.3, -0.25) is 4.79 Å². The van der Waals surface area contributed by atoms with Gasteiger partial charge in [0.2, 0.25) is 11.9 Å². The van der Waals surface area contributed by atoms with Crippen LogP contribution >= 0.6 is 34.8 Å². The van der Waals surface area contributed by atoms with E-state index < -0.39 is 5.38 Å². The van der Waals surface area contributed by atoms with Gasteiger partial charge in [-0.05, 0) is 25.1 Å². The molecule has 28 heavy (non-hydrogen) atoms. The fourth-order valence-corrected chi connectivity index (χ4v) is 3.61. The molecule has 1 aromatic carbocycles. The first-order valence-electron chi connectivity index (χ1n) is 8.79. The van der Waals surface area contributed by atoms with E-state index in [2.05, 4.69) is 15.1 Å². The molecule has 0 bridgehead atoms. The molecule has 1 fully saturated rings. The Morgan fingerprint density at radius 1 is 1.11 bits per heavy atom. The maximum Gasteiger partial charge on any atom is 0.254 e. The summed E-state index contributed by atoms with van der Waals surface area (Å²) in [6.45, 7) is 4.12. The smallest absolute Gasteiger partial charge is 0.254 e.